The maximum Gasteiger partial charge on any atom is 0.193 e. The highest BCUT2D eigenvalue weighted by molar-refractivity contribution is 6.64. The maximum absolute atomic E-state index is 6.29. The van der Waals surface area contributed by atoms with Gasteiger partial charge in [-0.3, -0.25) is 0 Å². The van der Waals surface area contributed by atoms with E-state index in [0.29, 0.717) is 18.0 Å². The fourth-order valence-corrected chi connectivity index (χ4v) is 1.94. The monoisotopic (exact) mass is 345 g/mol. The lowest BCUT2D eigenvalue weighted by Crippen LogP contribution is -2.13. The van der Waals surface area contributed by atoms with Crippen molar-refractivity contribution < 1.29 is 9.47 Å². The molecule has 22 heavy (non-hydrogen) atoms. The van der Waals surface area contributed by atoms with Crippen LogP contribution in [0.15, 0.2) is 35.0 Å². The first-order chi connectivity index (χ1) is 10.5. The standard InChI is InChI=1S/C15H21Cl2N3O2/c1-4-14(16)10(9-20-15(17)18)8-19-11-5-12(21-2)7-13(6-11)22-3/h5-7,9,14,19H,4,8H2,1-3H3,(H2,18,20)/b10-9-. The number of ether oxygens (including phenoxy) is 2. The van der Waals surface area contributed by atoms with Gasteiger partial charge >= 0.3 is 0 Å². The molecule has 1 unspecified atom stereocenters. The Morgan fingerprint density at radius 1 is 1.32 bits per heavy atom. The summed E-state index contributed by atoms with van der Waals surface area (Å²) in [6.45, 7) is 2.50. The van der Waals surface area contributed by atoms with Crippen molar-refractivity contribution in [2.24, 2.45) is 10.7 Å². The first-order valence-electron chi connectivity index (χ1n) is 6.78. The summed E-state index contributed by atoms with van der Waals surface area (Å²) in [6, 6.07) is 5.54. The van der Waals surface area contributed by atoms with E-state index in [0.717, 1.165) is 17.7 Å². The Hall–Kier alpha value is -1.59. The number of aliphatic imine (C=N–C) groups is 1. The van der Waals surface area contributed by atoms with Crippen LogP contribution in [0, 0.1) is 0 Å². The van der Waals surface area contributed by atoms with Crippen LogP contribution in [0.25, 0.3) is 0 Å². The fraction of sp³-hybridized carbons (Fsp3) is 0.400. The number of anilines is 1. The molecule has 0 heterocycles. The molecular weight excluding hydrogens is 325 g/mol. The predicted octanol–water partition coefficient (Wildman–Crippen LogP) is 3.57. The SMILES string of the molecule is CCC(Cl)/C(=C\N=C(/N)Cl)CNc1cc(OC)cc(OC)c1. The largest absolute Gasteiger partial charge is 0.497 e. The van der Waals surface area contributed by atoms with E-state index in [1.54, 1.807) is 26.5 Å². The van der Waals surface area contributed by atoms with Crippen molar-refractivity contribution in [2.75, 3.05) is 26.1 Å². The van der Waals surface area contributed by atoms with Crippen molar-refractivity contribution in [3.8, 4) is 11.5 Å². The van der Waals surface area contributed by atoms with Gasteiger partial charge in [0.05, 0.1) is 19.6 Å². The molecule has 0 saturated carbocycles. The van der Waals surface area contributed by atoms with Crippen LogP contribution in [0.2, 0.25) is 0 Å². The number of nitrogens with zero attached hydrogens (tertiary/aromatic N) is 1. The fourth-order valence-electron chi connectivity index (χ4n) is 1.76. The van der Waals surface area contributed by atoms with Crippen molar-refractivity contribution in [3.05, 3.63) is 30.0 Å². The zero-order valence-electron chi connectivity index (χ0n) is 12.9. The van der Waals surface area contributed by atoms with Gasteiger partial charge in [0.25, 0.3) is 0 Å². The second kappa shape index (κ2) is 9.43. The molecule has 0 aliphatic carbocycles. The highest BCUT2D eigenvalue weighted by Gasteiger charge is 2.10. The quantitative estimate of drug-likeness (QED) is 0.327. The molecule has 0 bridgehead atoms. The topological polar surface area (TPSA) is 68.9 Å². The van der Waals surface area contributed by atoms with Gasteiger partial charge in [-0.15, -0.1) is 11.6 Å². The third-order valence-electron chi connectivity index (χ3n) is 2.96. The Kier molecular flexibility index (Phi) is 7.91. The molecule has 1 rings (SSSR count). The molecule has 0 aliphatic rings. The number of methoxy groups -OCH3 is 2. The molecule has 3 N–H and O–H groups in total. The number of hydrogen-bond donors (Lipinski definition) is 2. The molecule has 5 nitrogen and oxygen atoms in total. The molecule has 1 aromatic carbocycles. The lowest BCUT2D eigenvalue weighted by atomic mass is 10.1. The highest BCUT2D eigenvalue weighted by atomic mass is 35.5. The number of halogens is 2. The Labute approximate surface area is 141 Å². The summed E-state index contributed by atoms with van der Waals surface area (Å²) in [5, 5.41) is 3.09. The smallest absolute Gasteiger partial charge is 0.193 e. The van der Waals surface area contributed by atoms with Crippen LogP contribution in [-0.2, 0) is 0 Å². The van der Waals surface area contributed by atoms with Crippen LogP contribution in [-0.4, -0.2) is 31.4 Å². The third kappa shape index (κ3) is 6.03. The number of rotatable bonds is 8. The molecule has 7 heteroatoms. The Morgan fingerprint density at radius 3 is 2.36 bits per heavy atom. The molecule has 0 amide bonds. The summed E-state index contributed by atoms with van der Waals surface area (Å²) in [6.07, 6.45) is 2.36. The highest BCUT2D eigenvalue weighted by Crippen LogP contribution is 2.26. The van der Waals surface area contributed by atoms with Gasteiger partial charge in [0, 0.05) is 36.6 Å². The Balaban J connectivity index is 2.88. The van der Waals surface area contributed by atoms with E-state index >= 15 is 0 Å². The summed E-state index contributed by atoms with van der Waals surface area (Å²) in [5.41, 5.74) is 7.08. The Bertz CT molecular complexity index is 521. The van der Waals surface area contributed by atoms with Crippen molar-refractivity contribution in [1.29, 1.82) is 0 Å². The van der Waals surface area contributed by atoms with Crippen molar-refractivity contribution in [3.63, 3.8) is 0 Å². The number of amidine groups is 1. The van der Waals surface area contributed by atoms with Crippen LogP contribution in [0.1, 0.15) is 13.3 Å². The van der Waals surface area contributed by atoms with Crippen molar-refractivity contribution in [1.82, 2.24) is 0 Å². The second-order valence-corrected chi connectivity index (χ2v) is 5.40. The van der Waals surface area contributed by atoms with E-state index in [4.69, 9.17) is 38.4 Å². The van der Waals surface area contributed by atoms with Crippen LogP contribution in [0.4, 0.5) is 5.69 Å². The lowest BCUT2D eigenvalue weighted by molar-refractivity contribution is 0.394. The van der Waals surface area contributed by atoms with E-state index in [2.05, 4.69) is 10.3 Å². The van der Waals surface area contributed by atoms with Gasteiger partial charge < -0.3 is 20.5 Å². The van der Waals surface area contributed by atoms with Gasteiger partial charge in [-0.1, -0.05) is 6.92 Å². The number of hydrogen-bond acceptors (Lipinski definition) is 4. The number of benzene rings is 1. The molecule has 0 fully saturated rings. The minimum absolute atomic E-state index is 0.0273. The molecule has 1 atom stereocenters. The molecule has 0 aromatic heterocycles. The van der Waals surface area contributed by atoms with Crippen LogP contribution in [0.5, 0.6) is 11.5 Å². The van der Waals surface area contributed by atoms with Gasteiger partial charge in [0.2, 0.25) is 0 Å². The summed E-state index contributed by atoms with van der Waals surface area (Å²) in [7, 11) is 3.21. The van der Waals surface area contributed by atoms with Gasteiger partial charge in [-0.2, -0.15) is 0 Å². The zero-order valence-corrected chi connectivity index (χ0v) is 14.4. The molecular formula is C15H21Cl2N3O2. The van der Waals surface area contributed by atoms with Crippen molar-refractivity contribution >= 4 is 34.2 Å². The van der Waals surface area contributed by atoms with Gasteiger partial charge in [-0.25, -0.2) is 4.99 Å². The van der Waals surface area contributed by atoms with E-state index in [9.17, 15) is 0 Å². The molecule has 0 radical (unpaired) electrons. The molecule has 0 spiro atoms. The summed E-state index contributed by atoms with van der Waals surface area (Å²) >= 11 is 11.8. The minimum Gasteiger partial charge on any atom is -0.497 e. The predicted molar refractivity (Wildman–Crippen MR) is 93.5 cm³/mol. The Morgan fingerprint density at radius 2 is 1.91 bits per heavy atom. The first-order valence-corrected chi connectivity index (χ1v) is 7.60. The van der Waals surface area contributed by atoms with E-state index in [1.807, 2.05) is 19.1 Å². The average molecular weight is 346 g/mol. The number of alkyl halides is 1. The van der Waals surface area contributed by atoms with Crippen LogP contribution < -0.4 is 20.5 Å². The maximum atomic E-state index is 6.29. The van der Waals surface area contributed by atoms with E-state index < -0.39 is 0 Å². The molecule has 122 valence electrons. The second-order valence-electron chi connectivity index (χ2n) is 4.49. The van der Waals surface area contributed by atoms with E-state index in [1.165, 1.54) is 0 Å². The van der Waals surface area contributed by atoms with Crippen LogP contribution in [0.3, 0.4) is 0 Å². The number of nitrogens with one attached hydrogen (secondary N) is 1. The summed E-state index contributed by atoms with van der Waals surface area (Å²) in [4.78, 5) is 3.90. The average Bonchev–Trinajstić information content (AvgIpc) is 2.53. The molecule has 0 aliphatic heterocycles. The van der Waals surface area contributed by atoms with E-state index in [-0.39, 0.29) is 10.7 Å². The summed E-state index contributed by atoms with van der Waals surface area (Å²) in [5.74, 6) is 1.40. The minimum atomic E-state index is -0.153. The van der Waals surface area contributed by atoms with Gasteiger partial charge in [-0.05, 0) is 23.6 Å². The number of nitrogens with two attached hydrogens (primary N) is 1. The zero-order chi connectivity index (χ0) is 16.5. The van der Waals surface area contributed by atoms with Gasteiger partial charge in [0.1, 0.15) is 11.5 Å². The first kappa shape index (κ1) is 18.5. The molecule has 1 aromatic rings. The summed E-state index contributed by atoms with van der Waals surface area (Å²) < 4.78 is 10.5. The van der Waals surface area contributed by atoms with Crippen LogP contribution >= 0.6 is 23.2 Å². The normalized spacial score (nSPS) is 13.7. The lowest BCUT2D eigenvalue weighted by Gasteiger charge is -2.15. The third-order valence-corrected chi connectivity index (χ3v) is 3.65. The van der Waals surface area contributed by atoms with Gasteiger partial charge in [0.15, 0.2) is 5.29 Å². The molecule has 0 saturated heterocycles. The van der Waals surface area contributed by atoms with Crippen molar-refractivity contribution in [2.45, 2.75) is 18.7 Å².